The van der Waals surface area contributed by atoms with Gasteiger partial charge < -0.3 is 0 Å². The number of aromatic nitrogens is 3. The molecule has 1 fully saturated rings. The molecule has 154 valence electrons. The first-order valence-corrected chi connectivity index (χ1v) is 10.4. The third-order valence-electron chi connectivity index (χ3n) is 4.66. The van der Waals surface area contributed by atoms with Crippen molar-refractivity contribution in [1.82, 2.24) is 18.7 Å². The van der Waals surface area contributed by atoms with Crippen LogP contribution >= 0.6 is 11.6 Å². The van der Waals surface area contributed by atoms with Crippen molar-refractivity contribution in [2.24, 2.45) is 7.05 Å². The summed E-state index contributed by atoms with van der Waals surface area (Å²) in [6.07, 6.45) is -4.34. The van der Waals surface area contributed by atoms with E-state index in [1.54, 1.807) is 24.3 Å². The number of benzene rings is 1. The third-order valence-corrected chi connectivity index (χ3v) is 6.74. The highest BCUT2D eigenvalue weighted by molar-refractivity contribution is 7.88. The van der Waals surface area contributed by atoms with Gasteiger partial charge in [-0.3, -0.25) is 4.57 Å². The van der Waals surface area contributed by atoms with E-state index in [1.165, 1.54) is 4.31 Å². The number of sulfonamides is 1. The minimum Gasteiger partial charge on any atom is -0.274 e. The maximum atomic E-state index is 12.9. The van der Waals surface area contributed by atoms with Crippen molar-refractivity contribution in [2.75, 3.05) is 13.1 Å². The Labute approximate surface area is 164 Å². The summed E-state index contributed by atoms with van der Waals surface area (Å²) < 4.78 is 66.6. The first-order chi connectivity index (χ1) is 13.0. The van der Waals surface area contributed by atoms with Gasteiger partial charge in [0.15, 0.2) is 0 Å². The number of hydrogen-bond donors (Lipinski definition) is 0. The molecule has 0 bridgehead atoms. The summed E-state index contributed by atoms with van der Waals surface area (Å²) in [5.74, 6) is -1.49. The second-order valence-electron chi connectivity index (χ2n) is 6.62. The van der Waals surface area contributed by atoms with Crippen molar-refractivity contribution in [1.29, 1.82) is 0 Å². The first-order valence-electron chi connectivity index (χ1n) is 8.44. The molecule has 0 N–H and O–H groups in total. The number of nitrogens with zero attached hydrogens (tertiary/aromatic N) is 4. The van der Waals surface area contributed by atoms with Gasteiger partial charge in [0.25, 0.3) is 0 Å². The average Bonchev–Trinajstić information content (AvgIpc) is 2.90. The SMILES string of the molecule is Cn1c(C(F)(F)F)nn(C2CCN(S(=O)(=O)Cc3cccc(Cl)c3)CC2)c1=O. The lowest BCUT2D eigenvalue weighted by Crippen LogP contribution is -2.41. The number of rotatable bonds is 4. The third kappa shape index (κ3) is 4.26. The van der Waals surface area contributed by atoms with E-state index in [4.69, 9.17) is 11.6 Å². The van der Waals surface area contributed by atoms with Gasteiger partial charge in [0, 0.05) is 25.2 Å². The lowest BCUT2D eigenvalue weighted by atomic mass is 10.1. The topological polar surface area (TPSA) is 77.2 Å². The van der Waals surface area contributed by atoms with E-state index in [9.17, 15) is 26.4 Å². The van der Waals surface area contributed by atoms with E-state index in [2.05, 4.69) is 5.10 Å². The molecular weight excluding hydrogens is 421 g/mol. The van der Waals surface area contributed by atoms with E-state index in [-0.39, 0.29) is 31.7 Å². The van der Waals surface area contributed by atoms with Gasteiger partial charge in [-0.25, -0.2) is 22.2 Å². The van der Waals surface area contributed by atoms with E-state index in [0.29, 0.717) is 15.2 Å². The molecule has 0 spiro atoms. The molecule has 0 amide bonds. The lowest BCUT2D eigenvalue weighted by Gasteiger charge is -2.30. The normalized spacial score (nSPS) is 17.2. The Morgan fingerprint density at radius 1 is 1.25 bits per heavy atom. The van der Waals surface area contributed by atoms with Crippen LogP contribution in [0.1, 0.15) is 30.3 Å². The lowest BCUT2D eigenvalue weighted by molar-refractivity contribution is -0.147. The number of halogens is 4. The van der Waals surface area contributed by atoms with Crippen LogP contribution in [0, 0.1) is 0 Å². The van der Waals surface area contributed by atoms with Gasteiger partial charge in [-0.2, -0.15) is 13.2 Å². The zero-order chi connectivity index (χ0) is 20.7. The largest absolute Gasteiger partial charge is 0.451 e. The maximum Gasteiger partial charge on any atom is 0.451 e. The number of alkyl halides is 3. The summed E-state index contributed by atoms with van der Waals surface area (Å²) in [6, 6.07) is 5.93. The number of hydrogen-bond acceptors (Lipinski definition) is 4. The molecule has 0 saturated carbocycles. The van der Waals surface area contributed by atoms with Crippen molar-refractivity contribution in [3.63, 3.8) is 0 Å². The summed E-state index contributed by atoms with van der Waals surface area (Å²) >= 11 is 5.88. The van der Waals surface area contributed by atoms with Crippen LogP contribution in [-0.4, -0.2) is 40.2 Å². The Bertz CT molecular complexity index is 1020. The molecule has 0 radical (unpaired) electrons. The van der Waals surface area contributed by atoms with Crippen LogP contribution in [0.15, 0.2) is 29.1 Å². The van der Waals surface area contributed by atoms with Crippen LogP contribution in [0.25, 0.3) is 0 Å². The molecule has 1 aromatic carbocycles. The van der Waals surface area contributed by atoms with Gasteiger partial charge in [0.1, 0.15) is 0 Å². The molecule has 1 aliphatic rings. The fraction of sp³-hybridized carbons (Fsp3) is 0.500. The second-order valence-corrected chi connectivity index (χ2v) is 9.03. The van der Waals surface area contributed by atoms with E-state index in [0.717, 1.165) is 11.7 Å². The van der Waals surface area contributed by atoms with Gasteiger partial charge in [-0.05, 0) is 30.5 Å². The van der Waals surface area contributed by atoms with Gasteiger partial charge >= 0.3 is 11.9 Å². The second kappa shape index (κ2) is 7.53. The highest BCUT2D eigenvalue weighted by Crippen LogP contribution is 2.29. The standard InChI is InChI=1S/C16H18ClF3N4O3S/c1-22-14(16(18,19)20)21-24(15(22)25)13-5-7-23(8-6-13)28(26,27)10-11-3-2-4-12(17)9-11/h2-4,9,13H,5-8,10H2,1H3. The summed E-state index contributed by atoms with van der Waals surface area (Å²) in [7, 11) is -2.60. The fourth-order valence-electron chi connectivity index (χ4n) is 3.23. The van der Waals surface area contributed by atoms with E-state index >= 15 is 0 Å². The summed E-state index contributed by atoms with van der Waals surface area (Å²) in [6.45, 7) is 0.190. The molecule has 7 nitrogen and oxygen atoms in total. The zero-order valence-electron chi connectivity index (χ0n) is 14.9. The molecule has 0 unspecified atom stereocenters. The van der Waals surface area contributed by atoms with Crippen molar-refractivity contribution in [3.05, 3.63) is 51.2 Å². The van der Waals surface area contributed by atoms with Crippen LogP contribution in [0.4, 0.5) is 13.2 Å². The van der Waals surface area contributed by atoms with Crippen LogP contribution < -0.4 is 5.69 Å². The van der Waals surface area contributed by atoms with Crippen LogP contribution in [0.3, 0.4) is 0 Å². The molecule has 0 aliphatic carbocycles. The minimum absolute atomic E-state index is 0.0952. The Kier molecular flexibility index (Phi) is 5.61. The van der Waals surface area contributed by atoms with Crippen LogP contribution in [0.5, 0.6) is 0 Å². The Hall–Kier alpha value is -1.85. The Balaban J connectivity index is 1.72. The molecule has 3 rings (SSSR count). The van der Waals surface area contributed by atoms with Crippen LogP contribution in [0.2, 0.25) is 5.02 Å². The molecule has 2 aromatic rings. The number of piperidine rings is 1. The molecule has 0 atom stereocenters. The maximum absolute atomic E-state index is 12.9. The van der Waals surface area contributed by atoms with Crippen molar-refractivity contribution >= 4 is 21.6 Å². The predicted molar refractivity (Wildman–Crippen MR) is 96.4 cm³/mol. The van der Waals surface area contributed by atoms with Gasteiger partial charge in [0.05, 0.1) is 11.8 Å². The molecular formula is C16H18ClF3N4O3S. The summed E-state index contributed by atoms with van der Waals surface area (Å²) in [5.41, 5.74) is -0.321. The smallest absolute Gasteiger partial charge is 0.274 e. The molecule has 1 aromatic heterocycles. The van der Waals surface area contributed by atoms with Crippen molar-refractivity contribution < 1.29 is 21.6 Å². The monoisotopic (exact) mass is 438 g/mol. The molecule has 2 heterocycles. The van der Waals surface area contributed by atoms with Gasteiger partial charge in [-0.15, -0.1) is 5.10 Å². The molecule has 1 aliphatic heterocycles. The Morgan fingerprint density at radius 2 is 1.89 bits per heavy atom. The highest BCUT2D eigenvalue weighted by atomic mass is 35.5. The molecule has 1 saturated heterocycles. The quantitative estimate of drug-likeness (QED) is 0.734. The fourth-order valence-corrected chi connectivity index (χ4v) is 5.00. The average molecular weight is 439 g/mol. The van der Waals surface area contributed by atoms with E-state index < -0.39 is 33.8 Å². The van der Waals surface area contributed by atoms with Gasteiger partial charge in [0.2, 0.25) is 15.8 Å². The van der Waals surface area contributed by atoms with E-state index in [1.807, 2.05) is 0 Å². The highest BCUT2D eigenvalue weighted by Gasteiger charge is 2.39. The zero-order valence-corrected chi connectivity index (χ0v) is 16.4. The van der Waals surface area contributed by atoms with Crippen molar-refractivity contribution in [3.8, 4) is 0 Å². The predicted octanol–water partition coefficient (Wildman–Crippen LogP) is 2.42. The van der Waals surface area contributed by atoms with Crippen LogP contribution in [-0.2, 0) is 29.0 Å². The van der Waals surface area contributed by atoms with Crippen molar-refractivity contribution in [2.45, 2.75) is 30.8 Å². The summed E-state index contributed by atoms with van der Waals surface area (Å²) in [4.78, 5) is 12.1. The Morgan fingerprint density at radius 3 is 2.43 bits per heavy atom. The van der Waals surface area contributed by atoms with Gasteiger partial charge in [-0.1, -0.05) is 23.7 Å². The molecule has 12 heteroatoms. The minimum atomic E-state index is -4.74. The first kappa shape index (κ1) is 20.9. The summed E-state index contributed by atoms with van der Waals surface area (Å²) in [5, 5.41) is 3.86. The molecule has 28 heavy (non-hydrogen) atoms.